The van der Waals surface area contributed by atoms with Crippen LogP contribution in [0.25, 0.3) is 76.5 Å². The highest BCUT2D eigenvalue weighted by molar-refractivity contribution is 6.24. The molecule has 8 aromatic rings. The maximum Gasteiger partial charge on any atom is 0.135 e. The number of hydrogen-bond donors (Lipinski definition) is 0. The molecule has 1 nitrogen and oxygen atoms in total. The average molecular weight is 471 g/mol. The van der Waals surface area contributed by atoms with Gasteiger partial charge in [-0.3, -0.25) is 0 Å². The van der Waals surface area contributed by atoms with E-state index in [0.717, 1.165) is 21.9 Å². The van der Waals surface area contributed by atoms with Crippen LogP contribution in [0, 0.1) is 0 Å². The molecule has 0 N–H and O–H groups in total. The molecule has 0 fully saturated rings. The predicted octanol–water partition coefficient (Wildman–Crippen LogP) is 10.4. The van der Waals surface area contributed by atoms with Gasteiger partial charge in [-0.2, -0.15) is 0 Å². The molecule has 0 amide bonds. The molecular weight excluding hydrogens is 448 g/mol. The molecule has 8 rings (SSSR count). The van der Waals surface area contributed by atoms with Gasteiger partial charge in [-0.05, 0) is 72.8 Å². The van der Waals surface area contributed by atoms with Gasteiger partial charge in [0.1, 0.15) is 11.2 Å². The molecule has 1 heterocycles. The monoisotopic (exact) mass is 470 g/mol. The zero-order valence-electron chi connectivity index (χ0n) is 20.1. The fraction of sp³-hybridized carbons (Fsp3) is 0. The summed E-state index contributed by atoms with van der Waals surface area (Å²) >= 11 is 0. The highest BCUT2D eigenvalue weighted by Gasteiger charge is 2.18. The first kappa shape index (κ1) is 20.3. The summed E-state index contributed by atoms with van der Waals surface area (Å²) in [7, 11) is 0. The van der Waals surface area contributed by atoms with Crippen molar-refractivity contribution in [3.05, 3.63) is 133 Å². The number of rotatable bonds is 2. The van der Waals surface area contributed by atoms with E-state index in [4.69, 9.17) is 4.42 Å². The van der Waals surface area contributed by atoms with Crippen LogP contribution in [0.15, 0.2) is 138 Å². The van der Waals surface area contributed by atoms with Gasteiger partial charge in [-0.1, -0.05) is 115 Å². The Morgan fingerprint density at radius 3 is 1.62 bits per heavy atom. The minimum Gasteiger partial charge on any atom is -0.456 e. The SMILES string of the molecule is c1ccc2c(-c3c4ccccc4c(-c4ccc5oc6ccccc6c5c4)c4ccccc34)cccc2c1. The second-order valence-corrected chi connectivity index (χ2v) is 9.68. The van der Waals surface area contributed by atoms with Crippen molar-refractivity contribution >= 4 is 54.3 Å². The Morgan fingerprint density at radius 2 is 0.892 bits per heavy atom. The zero-order valence-corrected chi connectivity index (χ0v) is 20.1. The molecule has 0 saturated carbocycles. The summed E-state index contributed by atoms with van der Waals surface area (Å²) in [4.78, 5) is 0. The number of hydrogen-bond acceptors (Lipinski definition) is 1. The molecule has 0 aliphatic rings. The molecule has 0 unspecified atom stereocenters. The average Bonchev–Trinajstić information content (AvgIpc) is 3.33. The molecule has 0 spiro atoms. The summed E-state index contributed by atoms with van der Waals surface area (Å²) in [5, 5.41) is 9.90. The van der Waals surface area contributed by atoms with Crippen molar-refractivity contribution in [2.75, 3.05) is 0 Å². The van der Waals surface area contributed by atoms with Crippen LogP contribution < -0.4 is 0 Å². The first-order valence-electron chi connectivity index (χ1n) is 12.7. The normalized spacial score (nSPS) is 11.8. The van der Waals surface area contributed by atoms with Gasteiger partial charge in [0, 0.05) is 10.8 Å². The molecule has 0 bridgehead atoms. The molecule has 0 radical (unpaired) electrons. The van der Waals surface area contributed by atoms with Crippen LogP contribution >= 0.6 is 0 Å². The van der Waals surface area contributed by atoms with Gasteiger partial charge in [0.15, 0.2) is 0 Å². The lowest BCUT2D eigenvalue weighted by atomic mass is 9.84. The Kier molecular flexibility index (Phi) is 4.29. The molecule has 37 heavy (non-hydrogen) atoms. The molecule has 0 saturated heterocycles. The minimum absolute atomic E-state index is 0.922. The van der Waals surface area contributed by atoms with E-state index >= 15 is 0 Å². The topological polar surface area (TPSA) is 13.1 Å². The van der Waals surface area contributed by atoms with Crippen molar-refractivity contribution in [3.63, 3.8) is 0 Å². The first-order chi connectivity index (χ1) is 18.4. The Labute approximate surface area is 214 Å². The first-order valence-corrected chi connectivity index (χ1v) is 12.7. The fourth-order valence-corrected chi connectivity index (χ4v) is 6.05. The summed E-state index contributed by atoms with van der Waals surface area (Å²) in [5.74, 6) is 0. The van der Waals surface area contributed by atoms with Crippen molar-refractivity contribution in [1.29, 1.82) is 0 Å². The highest BCUT2D eigenvalue weighted by Crippen LogP contribution is 2.45. The van der Waals surface area contributed by atoms with Crippen molar-refractivity contribution in [1.82, 2.24) is 0 Å². The minimum atomic E-state index is 0.922. The van der Waals surface area contributed by atoms with Crippen LogP contribution in [-0.2, 0) is 0 Å². The Balaban J connectivity index is 1.52. The molecule has 1 heteroatoms. The predicted molar refractivity (Wildman–Crippen MR) is 157 cm³/mol. The van der Waals surface area contributed by atoms with Gasteiger partial charge in [-0.25, -0.2) is 0 Å². The van der Waals surface area contributed by atoms with E-state index < -0.39 is 0 Å². The lowest BCUT2D eigenvalue weighted by Gasteiger charge is -2.18. The molecule has 0 aliphatic heterocycles. The van der Waals surface area contributed by atoms with Gasteiger partial charge >= 0.3 is 0 Å². The van der Waals surface area contributed by atoms with Crippen LogP contribution in [0.5, 0.6) is 0 Å². The van der Waals surface area contributed by atoms with Crippen molar-refractivity contribution in [2.24, 2.45) is 0 Å². The highest BCUT2D eigenvalue weighted by atomic mass is 16.3. The van der Waals surface area contributed by atoms with E-state index in [0.29, 0.717) is 0 Å². The third-order valence-corrected chi connectivity index (χ3v) is 7.66. The molecule has 1 aromatic heterocycles. The van der Waals surface area contributed by atoms with E-state index in [1.165, 1.54) is 54.6 Å². The molecule has 0 aliphatic carbocycles. The van der Waals surface area contributed by atoms with E-state index in [9.17, 15) is 0 Å². The Hall–Kier alpha value is -4.88. The number of fused-ring (bicyclic) bond motifs is 6. The van der Waals surface area contributed by atoms with Crippen molar-refractivity contribution < 1.29 is 4.42 Å². The van der Waals surface area contributed by atoms with E-state index in [2.05, 4.69) is 121 Å². The summed E-state index contributed by atoms with van der Waals surface area (Å²) in [6, 6.07) is 47.9. The maximum absolute atomic E-state index is 6.14. The van der Waals surface area contributed by atoms with Crippen molar-refractivity contribution in [2.45, 2.75) is 0 Å². The lowest BCUT2D eigenvalue weighted by Crippen LogP contribution is -1.91. The van der Waals surface area contributed by atoms with Gasteiger partial charge in [-0.15, -0.1) is 0 Å². The summed E-state index contributed by atoms with van der Waals surface area (Å²) in [6.07, 6.45) is 0. The molecular formula is C36H22O. The van der Waals surface area contributed by atoms with Crippen LogP contribution in [0.4, 0.5) is 0 Å². The van der Waals surface area contributed by atoms with Gasteiger partial charge in [0.05, 0.1) is 0 Å². The van der Waals surface area contributed by atoms with Crippen LogP contribution in [0.1, 0.15) is 0 Å². The van der Waals surface area contributed by atoms with Gasteiger partial charge in [0.25, 0.3) is 0 Å². The Morgan fingerprint density at radius 1 is 0.351 bits per heavy atom. The third-order valence-electron chi connectivity index (χ3n) is 7.66. The van der Waals surface area contributed by atoms with Crippen LogP contribution in [-0.4, -0.2) is 0 Å². The standard InChI is InChI=1S/C36H22O/c1-2-12-25-23(10-1)11-9-18-27(25)36-30-16-5-3-14-28(30)35(29-15-4-6-17-31(29)36)24-20-21-34-32(22-24)26-13-7-8-19-33(26)37-34/h1-22H. The van der Waals surface area contributed by atoms with E-state index in [1.807, 2.05) is 12.1 Å². The molecule has 172 valence electrons. The third kappa shape index (κ3) is 2.98. The lowest BCUT2D eigenvalue weighted by molar-refractivity contribution is 0.669. The number of furan rings is 1. The number of benzene rings is 7. The van der Waals surface area contributed by atoms with E-state index in [-0.39, 0.29) is 0 Å². The smallest absolute Gasteiger partial charge is 0.135 e. The van der Waals surface area contributed by atoms with Gasteiger partial charge < -0.3 is 4.42 Å². The number of para-hydroxylation sites is 1. The van der Waals surface area contributed by atoms with Crippen LogP contribution in [0.3, 0.4) is 0 Å². The summed E-state index contributed by atoms with van der Waals surface area (Å²) in [6.45, 7) is 0. The van der Waals surface area contributed by atoms with Crippen LogP contribution in [0.2, 0.25) is 0 Å². The maximum atomic E-state index is 6.14. The quantitative estimate of drug-likeness (QED) is 0.229. The Bertz CT molecular complexity index is 2080. The fourth-order valence-electron chi connectivity index (χ4n) is 6.05. The zero-order chi connectivity index (χ0) is 24.3. The molecule has 0 atom stereocenters. The second kappa shape index (κ2) is 7.81. The van der Waals surface area contributed by atoms with Gasteiger partial charge in [0.2, 0.25) is 0 Å². The van der Waals surface area contributed by atoms with E-state index in [1.54, 1.807) is 0 Å². The largest absolute Gasteiger partial charge is 0.456 e. The molecule has 7 aromatic carbocycles. The summed E-state index contributed by atoms with van der Waals surface area (Å²) in [5.41, 5.74) is 6.88. The summed E-state index contributed by atoms with van der Waals surface area (Å²) < 4.78 is 6.14. The second-order valence-electron chi connectivity index (χ2n) is 9.68. The van der Waals surface area contributed by atoms with Crippen molar-refractivity contribution in [3.8, 4) is 22.3 Å².